The van der Waals surface area contributed by atoms with Gasteiger partial charge in [0.1, 0.15) is 11.5 Å². The van der Waals surface area contributed by atoms with Gasteiger partial charge in [0.2, 0.25) is 0 Å². The molecule has 0 aliphatic rings. The second-order valence-electron chi connectivity index (χ2n) is 4.09. The van der Waals surface area contributed by atoms with Crippen LogP contribution in [0.4, 0.5) is 0 Å². The molecule has 7 heteroatoms. The van der Waals surface area contributed by atoms with Crippen molar-refractivity contribution >= 4 is 11.9 Å². The largest absolute Gasteiger partial charge is 0.497 e. The summed E-state index contributed by atoms with van der Waals surface area (Å²) >= 11 is 0. The van der Waals surface area contributed by atoms with Crippen molar-refractivity contribution in [2.45, 2.75) is 19.1 Å². The van der Waals surface area contributed by atoms with Crippen LogP contribution in [0.15, 0.2) is 24.3 Å². The van der Waals surface area contributed by atoms with Gasteiger partial charge in [-0.1, -0.05) is 0 Å². The number of aliphatic hydroxyl groups excluding tert-OH is 1. The summed E-state index contributed by atoms with van der Waals surface area (Å²) in [5, 5.41) is 20.2. The molecule has 20 heavy (non-hydrogen) atoms. The van der Waals surface area contributed by atoms with E-state index in [-0.39, 0.29) is 6.61 Å². The Morgan fingerprint density at radius 3 is 2.25 bits per heavy atom. The quantitative estimate of drug-likeness (QED) is 0.652. The lowest BCUT2D eigenvalue weighted by Crippen LogP contribution is -2.49. The lowest BCUT2D eigenvalue weighted by atomic mass is 10.2. The Balaban J connectivity index is 2.47. The first kappa shape index (κ1) is 15.8. The Hall–Kier alpha value is -2.28. The van der Waals surface area contributed by atoms with Gasteiger partial charge in [0.15, 0.2) is 12.6 Å². The molecule has 0 spiro atoms. The predicted molar refractivity (Wildman–Crippen MR) is 69.7 cm³/mol. The fourth-order valence-corrected chi connectivity index (χ4v) is 1.42. The van der Waals surface area contributed by atoms with Gasteiger partial charge in [-0.05, 0) is 31.2 Å². The molecular weight excluding hydrogens is 266 g/mol. The Bertz CT molecular complexity index is 456. The Labute approximate surface area is 116 Å². The molecule has 3 N–H and O–H groups in total. The fourth-order valence-electron chi connectivity index (χ4n) is 1.42. The lowest BCUT2D eigenvalue weighted by molar-refractivity contribution is -0.145. The molecule has 0 saturated carbocycles. The van der Waals surface area contributed by atoms with Crippen LogP contribution in [-0.4, -0.2) is 48.0 Å². The van der Waals surface area contributed by atoms with Crippen molar-refractivity contribution in [3.05, 3.63) is 24.3 Å². The number of carbonyl (C=O) groups excluding carboxylic acids is 1. The van der Waals surface area contributed by atoms with Crippen molar-refractivity contribution in [2.24, 2.45) is 0 Å². The summed E-state index contributed by atoms with van der Waals surface area (Å²) in [6.07, 6.45) is -1.20. The maximum Gasteiger partial charge on any atom is 0.328 e. The van der Waals surface area contributed by atoms with Crippen molar-refractivity contribution in [2.75, 3.05) is 13.7 Å². The van der Waals surface area contributed by atoms with Crippen molar-refractivity contribution < 1.29 is 29.3 Å². The molecule has 1 rings (SSSR count). The van der Waals surface area contributed by atoms with E-state index in [0.29, 0.717) is 11.5 Å². The number of hydrogen-bond donors (Lipinski definition) is 3. The molecule has 0 aliphatic carbocycles. The average Bonchev–Trinajstić information content (AvgIpc) is 2.42. The topological polar surface area (TPSA) is 105 Å². The molecule has 1 aromatic carbocycles. The molecule has 0 bridgehead atoms. The van der Waals surface area contributed by atoms with Crippen molar-refractivity contribution in [1.29, 1.82) is 0 Å². The standard InChI is InChI=1S/C13H17NO6/c1-8(15)12(13(17)18)14-11(16)7-20-10-5-3-9(19-2)4-6-10/h3-6,8,12,15H,7H2,1-2H3,(H,14,16)(H,17,18)/t8-,12+/m1/s1. The van der Waals surface area contributed by atoms with Crippen molar-refractivity contribution in [3.63, 3.8) is 0 Å². The van der Waals surface area contributed by atoms with Gasteiger partial charge in [-0.15, -0.1) is 0 Å². The number of carboxylic acid groups (broad SMARTS) is 1. The number of amides is 1. The summed E-state index contributed by atoms with van der Waals surface area (Å²) in [6.45, 7) is 0.937. The van der Waals surface area contributed by atoms with Gasteiger partial charge in [0.05, 0.1) is 13.2 Å². The normalized spacial score (nSPS) is 13.2. The molecule has 0 aliphatic heterocycles. The van der Waals surface area contributed by atoms with Gasteiger partial charge in [-0.25, -0.2) is 4.79 Å². The first-order chi connectivity index (χ1) is 9.43. The van der Waals surface area contributed by atoms with E-state index in [1.807, 2.05) is 0 Å². The number of benzene rings is 1. The zero-order chi connectivity index (χ0) is 15.1. The third-order valence-corrected chi connectivity index (χ3v) is 2.49. The molecule has 0 saturated heterocycles. The lowest BCUT2D eigenvalue weighted by Gasteiger charge is -2.17. The van der Waals surface area contributed by atoms with Gasteiger partial charge in [-0.3, -0.25) is 4.79 Å². The molecular formula is C13H17NO6. The van der Waals surface area contributed by atoms with E-state index in [1.165, 1.54) is 14.0 Å². The molecule has 2 atom stereocenters. The summed E-state index contributed by atoms with van der Waals surface area (Å²) in [5.41, 5.74) is 0. The van der Waals surface area contributed by atoms with Crippen molar-refractivity contribution in [3.8, 4) is 11.5 Å². The van der Waals surface area contributed by atoms with Crippen molar-refractivity contribution in [1.82, 2.24) is 5.32 Å². The van der Waals surface area contributed by atoms with Gasteiger partial charge >= 0.3 is 5.97 Å². The molecule has 1 amide bonds. The van der Waals surface area contributed by atoms with E-state index in [9.17, 15) is 14.7 Å². The zero-order valence-electron chi connectivity index (χ0n) is 11.2. The molecule has 110 valence electrons. The number of ether oxygens (including phenoxy) is 2. The maximum atomic E-state index is 11.5. The molecule has 0 fully saturated rings. The Morgan fingerprint density at radius 1 is 1.25 bits per heavy atom. The highest BCUT2D eigenvalue weighted by Crippen LogP contribution is 2.16. The minimum atomic E-state index is -1.36. The second-order valence-corrected chi connectivity index (χ2v) is 4.09. The number of aliphatic carboxylic acids is 1. The van der Waals surface area contributed by atoms with Crippen LogP contribution in [0, 0.1) is 0 Å². The minimum absolute atomic E-state index is 0.344. The molecule has 0 aromatic heterocycles. The Kier molecular flexibility index (Phi) is 5.79. The van der Waals surface area contributed by atoms with E-state index in [0.717, 1.165) is 0 Å². The highest BCUT2D eigenvalue weighted by atomic mass is 16.5. The first-order valence-corrected chi connectivity index (χ1v) is 5.91. The van der Waals surface area contributed by atoms with Gasteiger partial charge in [0, 0.05) is 0 Å². The van der Waals surface area contributed by atoms with Crippen LogP contribution in [-0.2, 0) is 9.59 Å². The van der Waals surface area contributed by atoms with Crippen LogP contribution in [0.5, 0.6) is 11.5 Å². The van der Waals surface area contributed by atoms with Crippen LogP contribution >= 0.6 is 0 Å². The third kappa shape index (κ3) is 4.77. The minimum Gasteiger partial charge on any atom is -0.497 e. The monoisotopic (exact) mass is 283 g/mol. The highest BCUT2D eigenvalue weighted by molar-refractivity contribution is 5.84. The molecule has 0 radical (unpaired) electrons. The maximum absolute atomic E-state index is 11.5. The number of methoxy groups -OCH3 is 1. The van der Waals surface area contributed by atoms with E-state index >= 15 is 0 Å². The number of carbonyl (C=O) groups is 2. The summed E-state index contributed by atoms with van der Waals surface area (Å²) in [5.74, 6) is -0.835. The third-order valence-electron chi connectivity index (χ3n) is 2.49. The van der Waals surface area contributed by atoms with Crippen LogP contribution in [0.1, 0.15) is 6.92 Å². The van der Waals surface area contributed by atoms with Crippen LogP contribution in [0.25, 0.3) is 0 Å². The number of rotatable bonds is 7. The number of carboxylic acids is 1. The van der Waals surface area contributed by atoms with E-state index in [2.05, 4.69) is 5.32 Å². The molecule has 0 unspecified atom stereocenters. The molecule has 1 aromatic rings. The van der Waals surface area contributed by atoms with Gasteiger partial charge in [-0.2, -0.15) is 0 Å². The van der Waals surface area contributed by atoms with E-state index < -0.39 is 24.0 Å². The Morgan fingerprint density at radius 2 is 1.80 bits per heavy atom. The smallest absolute Gasteiger partial charge is 0.328 e. The summed E-state index contributed by atoms with van der Waals surface area (Å²) in [7, 11) is 1.53. The van der Waals surface area contributed by atoms with Crippen LogP contribution in [0.2, 0.25) is 0 Å². The number of hydrogen-bond acceptors (Lipinski definition) is 5. The average molecular weight is 283 g/mol. The zero-order valence-corrected chi connectivity index (χ0v) is 11.2. The van der Waals surface area contributed by atoms with Crippen LogP contribution in [0.3, 0.4) is 0 Å². The number of aliphatic hydroxyl groups is 1. The number of nitrogens with one attached hydrogen (secondary N) is 1. The second kappa shape index (κ2) is 7.34. The van der Waals surface area contributed by atoms with E-state index in [4.69, 9.17) is 14.6 Å². The first-order valence-electron chi connectivity index (χ1n) is 5.91. The van der Waals surface area contributed by atoms with E-state index in [1.54, 1.807) is 24.3 Å². The molecule has 0 heterocycles. The summed E-state index contributed by atoms with van der Waals surface area (Å²) in [4.78, 5) is 22.3. The highest BCUT2D eigenvalue weighted by Gasteiger charge is 2.24. The SMILES string of the molecule is COc1ccc(OCC(=O)N[C@H](C(=O)O)[C@@H](C)O)cc1. The van der Waals surface area contributed by atoms with Gasteiger partial charge < -0.3 is 25.0 Å². The predicted octanol–water partition coefficient (Wildman–Crippen LogP) is 0.0242. The summed E-state index contributed by atoms with van der Waals surface area (Å²) in [6, 6.07) is 5.22. The van der Waals surface area contributed by atoms with Gasteiger partial charge in [0.25, 0.3) is 5.91 Å². The molecule has 7 nitrogen and oxygen atoms in total. The fraction of sp³-hybridized carbons (Fsp3) is 0.385. The van der Waals surface area contributed by atoms with Crippen LogP contribution < -0.4 is 14.8 Å². The summed E-state index contributed by atoms with van der Waals surface area (Å²) < 4.78 is 10.2.